The summed E-state index contributed by atoms with van der Waals surface area (Å²) in [4.78, 5) is 0. The van der Waals surface area contributed by atoms with Gasteiger partial charge in [-0.3, -0.25) is 0 Å². The molecule has 0 aliphatic heterocycles. The Labute approximate surface area is 130 Å². The largest absolute Gasteiger partial charge is 0.496 e. The third kappa shape index (κ3) is 16.1. The van der Waals surface area contributed by atoms with Crippen molar-refractivity contribution in [2.24, 2.45) is 0 Å². The van der Waals surface area contributed by atoms with Crippen molar-refractivity contribution in [2.75, 3.05) is 7.11 Å². The van der Waals surface area contributed by atoms with Crippen LogP contribution in [0.25, 0.3) is 0 Å². The molecule has 0 aliphatic carbocycles. The van der Waals surface area contributed by atoms with Crippen LogP contribution in [0.4, 0.5) is 4.39 Å². The van der Waals surface area contributed by atoms with Crippen molar-refractivity contribution in [1.82, 2.24) is 0 Å². The van der Waals surface area contributed by atoms with Crippen molar-refractivity contribution in [3.8, 4) is 5.75 Å². The summed E-state index contributed by atoms with van der Waals surface area (Å²) in [5.41, 5.74) is 1.88. The van der Waals surface area contributed by atoms with Gasteiger partial charge in [0.1, 0.15) is 11.6 Å². The highest BCUT2D eigenvalue weighted by Crippen LogP contribution is 2.16. The number of hydrogen-bond donors (Lipinski definition) is 0. The summed E-state index contributed by atoms with van der Waals surface area (Å²) >= 11 is 0. The standard InChI is InChI=1S/C8H9FO.C7H10.2C2H6/c1-6-5-7(9)3-4-8(6)10-2;1-4-5-6-7(2)3;2*1-2/h3-5H,1-2H3;4-6H,1-2H2,3H3;2*1-2H3/b;6-5-;;. The van der Waals surface area contributed by atoms with E-state index in [4.69, 9.17) is 4.74 Å². The van der Waals surface area contributed by atoms with Crippen LogP contribution in [0.15, 0.2) is 55.2 Å². The smallest absolute Gasteiger partial charge is 0.123 e. The van der Waals surface area contributed by atoms with E-state index in [1.54, 1.807) is 19.3 Å². The lowest BCUT2D eigenvalue weighted by Crippen LogP contribution is -1.86. The fourth-order valence-electron chi connectivity index (χ4n) is 1.07. The molecule has 1 rings (SSSR count). The Morgan fingerprint density at radius 3 is 2.00 bits per heavy atom. The van der Waals surface area contributed by atoms with Crippen molar-refractivity contribution in [3.63, 3.8) is 0 Å². The maximum atomic E-state index is 12.4. The number of methoxy groups -OCH3 is 1. The van der Waals surface area contributed by atoms with E-state index in [0.29, 0.717) is 0 Å². The minimum atomic E-state index is -0.224. The molecule has 0 atom stereocenters. The van der Waals surface area contributed by atoms with Crippen LogP contribution < -0.4 is 4.74 Å². The Morgan fingerprint density at radius 1 is 1.19 bits per heavy atom. The molecule has 0 heterocycles. The minimum absolute atomic E-state index is 0.224. The van der Waals surface area contributed by atoms with Crippen molar-refractivity contribution in [2.45, 2.75) is 41.5 Å². The number of benzene rings is 1. The van der Waals surface area contributed by atoms with Crippen LogP contribution in [0, 0.1) is 12.7 Å². The van der Waals surface area contributed by atoms with E-state index in [-0.39, 0.29) is 5.82 Å². The van der Waals surface area contributed by atoms with Crippen LogP contribution in [0.5, 0.6) is 5.75 Å². The second kappa shape index (κ2) is 18.2. The topological polar surface area (TPSA) is 9.23 Å². The molecule has 120 valence electrons. The number of rotatable bonds is 3. The van der Waals surface area contributed by atoms with Gasteiger partial charge in [0.05, 0.1) is 7.11 Å². The molecule has 0 N–H and O–H groups in total. The zero-order valence-electron chi connectivity index (χ0n) is 14.7. The van der Waals surface area contributed by atoms with Crippen LogP contribution in [0.2, 0.25) is 0 Å². The third-order valence-electron chi connectivity index (χ3n) is 1.87. The average molecular weight is 294 g/mol. The monoisotopic (exact) mass is 294 g/mol. The van der Waals surface area contributed by atoms with Crippen molar-refractivity contribution in [3.05, 3.63) is 66.5 Å². The normalized spacial score (nSPS) is 8.19. The molecule has 0 saturated carbocycles. The summed E-state index contributed by atoms with van der Waals surface area (Å²) in [6, 6.07) is 4.44. The second-order valence-electron chi connectivity index (χ2n) is 3.56. The average Bonchev–Trinajstić information content (AvgIpc) is 2.50. The number of allylic oxidation sites excluding steroid dienone is 4. The third-order valence-corrected chi connectivity index (χ3v) is 1.87. The predicted molar refractivity (Wildman–Crippen MR) is 94.5 cm³/mol. The fourth-order valence-corrected chi connectivity index (χ4v) is 1.07. The number of hydrogen-bond acceptors (Lipinski definition) is 1. The van der Waals surface area contributed by atoms with Gasteiger partial charge in [-0.1, -0.05) is 64.7 Å². The summed E-state index contributed by atoms with van der Waals surface area (Å²) in [5.74, 6) is 0.500. The van der Waals surface area contributed by atoms with E-state index in [1.807, 2.05) is 53.7 Å². The van der Waals surface area contributed by atoms with Crippen molar-refractivity contribution in [1.29, 1.82) is 0 Å². The van der Waals surface area contributed by atoms with Gasteiger partial charge in [-0.2, -0.15) is 0 Å². The van der Waals surface area contributed by atoms with E-state index in [9.17, 15) is 4.39 Å². The summed E-state index contributed by atoms with van der Waals surface area (Å²) in [5, 5.41) is 0. The lowest BCUT2D eigenvalue weighted by molar-refractivity contribution is 0.410. The van der Waals surface area contributed by atoms with E-state index in [2.05, 4.69) is 13.2 Å². The van der Waals surface area contributed by atoms with Crippen LogP contribution in [0.3, 0.4) is 0 Å². The highest BCUT2D eigenvalue weighted by Gasteiger charge is 1.96. The molecular formula is C19H31FO. The molecular weight excluding hydrogens is 263 g/mol. The molecule has 1 aromatic carbocycles. The predicted octanol–water partition coefficient (Wildman–Crippen LogP) is 6.50. The molecule has 2 heteroatoms. The molecule has 0 aliphatic rings. The summed E-state index contributed by atoms with van der Waals surface area (Å²) in [7, 11) is 1.57. The van der Waals surface area contributed by atoms with Gasteiger partial charge in [0.2, 0.25) is 0 Å². The van der Waals surface area contributed by atoms with Crippen molar-refractivity contribution >= 4 is 0 Å². The first-order chi connectivity index (χ1) is 10.0. The van der Waals surface area contributed by atoms with E-state index in [0.717, 1.165) is 16.9 Å². The first-order valence-electron chi connectivity index (χ1n) is 7.26. The second-order valence-corrected chi connectivity index (χ2v) is 3.56. The van der Waals surface area contributed by atoms with Gasteiger partial charge >= 0.3 is 0 Å². The summed E-state index contributed by atoms with van der Waals surface area (Å²) < 4.78 is 17.4. The molecule has 0 bridgehead atoms. The Bertz CT molecular complexity index is 406. The van der Waals surface area contributed by atoms with Gasteiger partial charge in [-0.25, -0.2) is 4.39 Å². The zero-order chi connectivity index (χ0) is 17.3. The lowest BCUT2D eigenvalue weighted by atomic mass is 10.2. The zero-order valence-corrected chi connectivity index (χ0v) is 14.7. The van der Waals surface area contributed by atoms with E-state index in [1.165, 1.54) is 12.1 Å². The fraction of sp³-hybridized carbons (Fsp3) is 0.368. The molecule has 0 radical (unpaired) electrons. The lowest BCUT2D eigenvalue weighted by Gasteiger charge is -2.01. The van der Waals surface area contributed by atoms with Gasteiger partial charge < -0.3 is 4.74 Å². The number of ether oxygens (including phenoxy) is 1. The molecule has 0 fully saturated rings. The molecule has 0 saturated heterocycles. The Hall–Kier alpha value is -1.83. The number of halogens is 1. The highest BCUT2D eigenvalue weighted by atomic mass is 19.1. The van der Waals surface area contributed by atoms with Gasteiger partial charge in [-0.05, 0) is 37.6 Å². The highest BCUT2D eigenvalue weighted by molar-refractivity contribution is 5.32. The van der Waals surface area contributed by atoms with Crippen LogP contribution in [0.1, 0.15) is 40.2 Å². The maximum absolute atomic E-state index is 12.4. The number of aryl methyl sites for hydroxylation is 1. The maximum Gasteiger partial charge on any atom is 0.123 e. The Balaban J connectivity index is -0.000000260. The van der Waals surface area contributed by atoms with Crippen molar-refractivity contribution < 1.29 is 9.13 Å². The molecule has 21 heavy (non-hydrogen) atoms. The van der Waals surface area contributed by atoms with Crippen LogP contribution in [-0.4, -0.2) is 7.11 Å². The molecule has 1 aromatic rings. The van der Waals surface area contributed by atoms with E-state index < -0.39 is 0 Å². The summed E-state index contributed by atoms with van der Waals surface area (Å²) in [6.45, 7) is 18.9. The van der Waals surface area contributed by atoms with Gasteiger partial charge in [0.25, 0.3) is 0 Å². The van der Waals surface area contributed by atoms with Gasteiger partial charge in [0.15, 0.2) is 0 Å². The van der Waals surface area contributed by atoms with Gasteiger partial charge in [0, 0.05) is 0 Å². The Morgan fingerprint density at radius 2 is 1.71 bits per heavy atom. The first kappa shape index (κ1) is 24.2. The van der Waals surface area contributed by atoms with Crippen LogP contribution >= 0.6 is 0 Å². The molecule has 0 amide bonds. The van der Waals surface area contributed by atoms with Crippen LogP contribution in [-0.2, 0) is 0 Å². The van der Waals surface area contributed by atoms with E-state index >= 15 is 0 Å². The van der Waals surface area contributed by atoms with Gasteiger partial charge in [-0.15, -0.1) is 0 Å². The quantitative estimate of drug-likeness (QED) is 0.578. The molecule has 0 unspecified atom stereocenters. The molecule has 0 aromatic heterocycles. The molecule has 1 nitrogen and oxygen atoms in total. The molecule has 0 spiro atoms. The first-order valence-corrected chi connectivity index (χ1v) is 7.26. The SMILES string of the molecule is C=C/C=C\C(=C)C.CC.CC.COc1ccc(F)cc1C. The Kier molecular flexibility index (Phi) is 20.9. The summed E-state index contributed by atoms with van der Waals surface area (Å²) in [6.07, 6.45) is 5.50. The minimum Gasteiger partial charge on any atom is -0.496 e.